The van der Waals surface area contributed by atoms with Gasteiger partial charge in [-0.3, -0.25) is 4.79 Å². The number of hydrogen-bond acceptors (Lipinski definition) is 5. The molecule has 1 atom stereocenters. The van der Waals surface area contributed by atoms with E-state index in [0.717, 1.165) is 5.69 Å². The largest absolute Gasteiger partial charge is 0.432 e. The predicted molar refractivity (Wildman–Crippen MR) is 67.3 cm³/mol. The van der Waals surface area contributed by atoms with Gasteiger partial charge in [0.25, 0.3) is 6.01 Å². The monoisotopic (exact) mass is 246 g/mol. The first-order chi connectivity index (χ1) is 8.56. The van der Waals surface area contributed by atoms with E-state index in [1.807, 2.05) is 6.92 Å². The van der Waals surface area contributed by atoms with E-state index in [0.29, 0.717) is 17.3 Å². The Morgan fingerprint density at radius 2 is 2.06 bits per heavy atom. The lowest BCUT2D eigenvalue weighted by atomic mass is 10.2. The number of carbonyl (C=O) groups excluding carboxylic acids is 1. The van der Waals surface area contributed by atoms with Crippen molar-refractivity contribution in [2.75, 3.05) is 5.32 Å². The quantitative estimate of drug-likeness (QED) is 0.758. The second-order valence-corrected chi connectivity index (χ2v) is 3.93. The summed E-state index contributed by atoms with van der Waals surface area (Å²) in [4.78, 5) is 15.1. The van der Waals surface area contributed by atoms with Crippen LogP contribution >= 0.6 is 0 Å². The number of benzene rings is 1. The van der Waals surface area contributed by atoms with Crippen LogP contribution in [-0.4, -0.2) is 10.9 Å². The number of aromatic nitrogens is 1. The number of amides is 1. The molecule has 0 bridgehead atoms. The first-order valence-corrected chi connectivity index (χ1v) is 5.44. The summed E-state index contributed by atoms with van der Waals surface area (Å²) in [7, 11) is 0. The molecule has 0 saturated heterocycles. The van der Waals surface area contributed by atoms with Crippen molar-refractivity contribution in [1.82, 2.24) is 4.98 Å². The summed E-state index contributed by atoms with van der Waals surface area (Å²) in [5.74, 6) is -0.461. The molecule has 0 aliphatic carbocycles. The Kier molecular flexibility index (Phi) is 3.29. The van der Waals surface area contributed by atoms with Crippen LogP contribution in [0.1, 0.15) is 29.0 Å². The molecule has 1 heterocycles. The molecular weight excluding hydrogens is 232 g/mol. The maximum absolute atomic E-state index is 10.9. The normalized spacial score (nSPS) is 12.1. The van der Waals surface area contributed by atoms with Crippen molar-refractivity contribution in [3.8, 4) is 0 Å². The summed E-state index contributed by atoms with van der Waals surface area (Å²) < 4.78 is 5.21. The zero-order valence-electron chi connectivity index (χ0n) is 9.88. The molecule has 1 aromatic heterocycles. The highest BCUT2D eigenvalue weighted by atomic mass is 16.4. The fourth-order valence-corrected chi connectivity index (χ4v) is 1.39. The molecule has 1 aromatic carbocycles. The van der Waals surface area contributed by atoms with Gasteiger partial charge in [0.1, 0.15) is 6.26 Å². The number of anilines is 2. The van der Waals surface area contributed by atoms with Gasteiger partial charge in [-0.25, -0.2) is 0 Å². The third-order valence-electron chi connectivity index (χ3n) is 2.41. The van der Waals surface area contributed by atoms with Crippen LogP contribution in [0, 0.1) is 0 Å². The first-order valence-electron chi connectivity index (χ1n) is 5.44. The van der Waals surface area contributed by atoms with Gasteiger partial charge in [-0.05, 0) is 31.2 Å². The van der Waals surface area contributed by atoms with E-state index < -0.39 is 5.91 Å². The SMILES string of the molecule is CC(N)c1coc(Nc2ccc(C(N)=O)cc2)n1. The molecule has 0 aliphatic rings. The number of nitrogens with one attached hydrogen (secondary N) is 1. The topological polar surface area (TPSA) is 107 Å². The molecule has 0 spiro atoms. The van der Waals surface area contributed by atoms with Gasteiger partial charge >= 0.3 is 0 Å². The summed E-state index contributed by atoms with van der Waals surface area (Å²) in [6, 6.07) is 6.86. The zero-order chi connectivity index (χ0) is 13.1. The van der Waals surface area contributed by atoms with E-state index in [-0.39, 0.29) is 6.04 Å². The summed E-state index contributed by atoms with van der Waals surface area (Å²) in [5, 5.41) is 2.96. The molecule has 1 unspecified atom stereocenters. The minimum atomic E-state index is -0.461. The molecule has 5 N–H and O–H groups in total. The molecule has 0 fully saturated rings. The number of primary amides is 1. The third kappa shape index (κ3) is 2.67. The number of nitrogens with zero attached hydrogens (tertiary/aromatic N) is 1. The van der Waals surface area contributed by atoms with E-state index in [1.165, 1.54) is 6.26 Å². The molecule has 6 heteroatoms. The van der Waals surface area contributed by atoms with Crippen LogP contribution in [0.2, 0.25) is 0 Å². The highest BCUT2D eigenvalue weighted by Crippen LogP contribution is 2.18. The van der Waals surface area contributed by atoms with Crippen molar-refractivity contribution >= 4 is 17.6 Å². The lowest BCUT2D eigenvalue weighted by Gasteiger charge is -2.02. The molecular formula is C12H14N4O2. The molecule has 2 aromatic rings. The van der Waals surface area contributed by atoms with Crippen molar-refractivity contribution in [3.05, 3.63) is 41.8 Å². The van der Waals surface area contributed by atoms with Gasteiger partial charge in [-0.2, -0.15) is 4.98 Å². The van der Waals surface area contributed by atoms with Crippen molar-refractivity contribution < 1.29 is 9.21 Å². The first kappa shape index (κ1) is 12.1. The Morgan fingerprint density at radius 1 is 1.39 bits per heavy atom. The van der Waals surface area contributed by atoms with Crippen LogP contribution < -0.4 is 16.8 Å². The van der Waals surface area contributed by atoms with Crippen LogP contribution in [0.25, 0.3) is 0 Å². The van der Waals surface area contributed by atoms with Crippen LogP contribution in [0.5, 0.6) is 0 Å². The van der Waals surface area contributed by atoms with E-state index >= 15 is 0 Å². The maximum atomic E-state index is 10.9. The summed E-state index contributed by atoms with van der Waals surface area (Å²) >= 11 is 0. The minimum absolute atomic E-state index is 0.179. The third-order valence-corrected chi connectivity index (χ3v) is 2.41. The van der Waals surface area contributed by atoms with Crippen molar-refractivity contribution in [2.45, 2.75) is 13.0 Å². The number of carbonyl (C=O) groups is 1. The highest BCUT2D eigenvalue weighted by Gasteiger charge is 2.07. The van der Waals surface area contributed by atoms with Crippen LogP contribution in [0.15, 0.2) is 34.9 Å². The Bertz CT molecular complexity index is 545. The van der Waals surface area contributed by atoms with Crippen LogP contribution in [-0.2, 0) is 0 Å². The Balaban J connectivity index is 2.10. The van der Waals surface area contributed by atoms with Crippen molar-refractivity contribution in [1.29, 1.82) is 0 Å². The molecule has 6 nitrogen and oxygen atoms in total. The predicted octanol–water partition coefficient (Wildman–Crippen LogP) is 1.54. The second kappa shape index (κ2) is 4.89. The van der Waals surface area contributed by atoms with E-state index in [2.05, 4.69) is 10.3 Å². The second-order valence-electron chi connectivity index (χ2n) is 3.93. The Morgan fingerprint density at radius 3 is 2.56 bits per heavy atom. The van der Waals surface area contributed by atoms with Crippen LogP contribution in [0.4, 0.5) is 11.7 Å². The van der Waals surface area contributed by atoms with Gasteiger partial charge in [-0.15, -0.1) is 0 Å². The molecule has 0 radical (unpaired) electrons. The number of oxazole rings is 1. The Labute approximate surface area is 104 Å². The van der Waals surface area contributed by atoms with Gasteiger partial charge in [0, 0.05) is 17.3 Å². The zero-order valence-corrected chi connectivity index (χ0v) is 9.88. The summed E-state index contributed by atoms with van der Waals surface area (Å²) in [5.41, 5.74) is 12.7. The van der Waals surface area contributed by atoms with Crippen molar-refractivity contribution in [3.63, 3.8) is 0 Å². The number of nitrogens with two attached hydrogens (primary N) is 2. The van der Waals surface area contributed by atoms with Gasteiger partial charge in [0.2, 0.25) is 5.91 Å². The van der Waals surface area contributed by atoms with E-state index in [9.17, 15) is 4.79 Å². The summed E-state index contributed by atoms with van der Waals surface area (Å²) in [6.07, 6.45) is 1.50. The maximum Gasteiger partial charge on any atom is 0.299 e. The fraction of sp³-hybridized carbons (Fsp3) is 0.167. The Hall–Kier alpha value is -2.34. The average Bonchev–Trinajstić information content (AvgIpc) is 2.78. The average molecular weight is 246 g/mol. The molecule has 1 amide bonds. The standard InChI is InChI=1S/C12H14N4O2/c1-7(13)10-6-18-12(16-10)15-9-4-2-8(3-5-9)11(14)17/h2-7H,13H2,1H3,(H2,14,17)(H,15,16). The molecule has 94 valence electrons. The van der Waals surface area contributed by atoms with Crippen molar-refractivity contribution in [2.24, 2.45) is 11.5 Å². The lowest BCUT2D eigenvalue weighted by Crippen LogP contribution is -2.10. The van der Waals surface area contributed by atoms with Gasteiger partial charge in [-0.1, -0.05) is 0 Å². The summed E-state index contributed by atoms with van der Waals surface area (Å²) in [6.45, 7) is 1.82. The number of rotatable bonds is 4. The van der Waals surface area contributed by atoms with Gasteiger partial charge < -0.3 is 21.2 Å². The highest BCUT2D eigenvalue weighted by molar-refractivity contribution is 5.93. The van der Waals surface area contributed by atoms with E-state index in [1.54, 1.807) is 24.3 Å². The van der Waals surface area contributed by atoms with Gasteiger partial charge in [0.15, 0.2) is 0 Å². The van der Waals surface area contributed by atoms with Crippen LogP contribution in [0.3, 0.4) is 0 Å². The smallest absolute Gasteiger partial charge is 0.299 e. The molecule has 2 rings (SSSR count). The lowest BCUT2D eigenvalue weighted by molar-refractivity contribution is 0.100. The van der Waals surface area contributed by atoms with Gasteiger partial charge in [0.05, 0.1) is 5.69 Å². The van der Waals surface area contributed by atoms with E-state index in [4.69, 9.17) is 15.9 Å². The molecule has 0 aliphatic heterocycles. The fourth-order valence-electron chi connectivity index (χ4n) is 1.39. The molecule has 18 heavy (non-hydrogen) atoms. The number of hydrogen-bond donors (Lipinski definition) is 3. The minimum Gasteiger partial charge on any atom is -0.432 e. The molecule has 0 saturated carbocycles.